The van der Waals surface area contributed by atoms with E-state index in [0.29, 0.717) is 19.6 Å². The molecule has 15 heteroatoms. The lowest BCUT2D eigenvalue weighted by molar-refractivity contribution is -0.119. The predicted octanol–water partition coefficient (Wildman–Crippen LogP) is 0.665. The molecule has 1 amide bonds. The number of benzene rings is 2. The molecule has 0 radical (unpaired) electrons. The van der Waals surface area contributed by atoms with Gasteiger partial charge in [0.25, 0.3) is 5.91 Å². The number of nitrogens with two attached hydrogens (primary N) is 3. The van der Waals surface area contributed by atoms with Gasteiger partial charge in [0.15, 0.2) is 28.4 Å². The third-order valence-corrected chi connectivity index (χ3v) is 8.31. The van der Waals surface area contributed by atoms with Crippen molar-refractivity contribution in [3.05, 3.63) is 82.1 Å². The number of anilines is 2. The van der Waals surface area contributed by atoms with Crippen molar-refractivity contribution in [3.63, 3.8) is 0 Å². The number of guanidine groups is 1. The molecule has 0 fully saturated rings. The number of amides is 1. The maximum Gasteiger partial charge on any atom is 0.280 e. The fourth-order valence-corrected chi connectivity index (χ4v) is 5.35. The van der Waals surface area contributed by atoms with E-state index < -0.39 is 36.9 Å². The largest absolute Gasteiger partial charge is 0.394 e. The highest BCUT2D eigenvalue weighted by atomic mass is 35.5. The van der Waals surface area contributed by atoms with Crippen LogP contribution >= 0.6 is 11.6 Å². The van der Waals surface area contributed by atoms with Crippen LogP contribution in [0.3, 0.4) is 0 Å². The number of nitrogens with zero attached hydrogens (tertiary/aromatic N) is 4. The molecule has 268 valence electrons. The number of rotatable bonds is 20. The maximum atomic E-state index is 12.4. The molecule has 0 bridgehead atoms. The zero-order valence-corrected chi connectivity index (χ0v) is 28.3. The van der Waals surface area contributed by atoms with Crippen LogP contribution in [0.2, 0.25) is 5.15 Å². The first-order chi connectivity index (χ1) is 23.5. The quantitative estimate of drug-likeness (QED) is 0.0448. The molecule has 0 spiro atoms. The van der Waals surface area contributed by atoms with Gasteiger partial charge >= 0.3 is 0 Å². The van der Waals surface area contributed by atoms with Crippen LogP contribution in [-0.2, 0) is 19.3 Å². The van der Waals surface area contributed by atoms with Crippen molar-refractivity contribution < 1.29 is 30.3 Å². The molecule has 0 unspecified atom stereocenters. The molecule has 0 aliphatic carbocycles. The topological polar surface area (TPSA) is 250 Å². The highest BCUT2D eigenvalue weighted by Gasteiger charge is 2.31. The highest BCUT2D eigenvalue weighted by Crippen LogP contribution is 2.17. The fourth-order valence-electron chi connectivity index (χ4n) is 5.23. The van der Waals surface area contributed by atoms with Gasteiger partial charge in [0, 0.05) is 13.1 Å². The van der Waals surface area contributed by atoms with Gasteiger partial charge in [0.05, 0.1) is 12.7 Å². The Morgan fingerprint density at radius 2 is 1.35 bits per heavy atom. The van der Waals surface area contributed by atoms with Crippen molar-refractivity contribution in [1.82, 2.24) is 20.2 Å². The number of aliphatic hydroxyl groups is 5. The first kappa shape index (κ1) is 39.5. The molecule has 2 aromatic carbocycles. The van der Waals surface area contributed by atoms with Crippen LogP contribution in [0.5, 0.6) is 0 Å². The molecule has 3 aromatic rings. The van der Waals surface area contributed by atoms with E-state index in [0.717, 1.165) is 44.9 Å². The van der Waals surface area contributed by atoms with E-state index in [1.54, 1.807) is 0 Å². The normalized spacial score (nSPS) is 14.4. The zero-order valence-electron chi connectivity index (χ0n) is 27.5. The van der Waals surface area contributed by atoms with Crippen LogP contribution in [0, 0.1) is 0 Å². The fraction of sp³-hybridized carbons (Fsp3) is 0.471. The molecule has 0 saturated heterocycles. The minimum atomic E-state index is -1.65. The molecule has 49 heavy (non-hydrogen) atoms. The number of carbonyl (C=O) groups is 1. The average Bonchev–Trinajstić information content (AvgIpc) is 3.09. The molecular weight excluding hydrogens is 652 g/mol. The number of unbranched alkanes of at least 4 members (excludes halogenated alkanes) is 1. The Kier molecular flexibility index (Phi) is 16.6. The molecular formula is C34H49ClN8O6. The molecule has 12 N–H and O–H groups in total. The smallest absolute Gasteiger partial charge is 0.280 e. The summed E-state index contributed by atoms with van der Waals surface area (Å²) in [5, 5.41) is 52.1. The molecule has 1 heterocycles. The summed E-state index contributed by atoms with van der Waals surface area (Å²) in [7, 11) is 0. The predicted molar refractivity (Wildman–Crippen MR) is 190 cm³/mol. The van der Waals surface area contributed by atoms with Crippen molar-refractivity contribution in [2.24, 2.45) is 10.7 Å². The lowest BCUT2D eigenvalue weighted by Crippen LogP contribution is -2.50. The molecule has 4 atom stereocenters. The minimum Gasteiger partial charge on any atom is -0.394 e. The van der Waals surface area contributed by atoms with Crippen molar-refractivity contribution in [2.45, 2.75) is 69.4 Å². The number of aryl methyl sites for hydroxylation is 3. The lowest BCUT2D eigenvalue weighted by Gasteiger charge is -2.30. The number of carbonyl (C=O) groups excluding carboxylic acids is 1. The van der Waals surface area contributed by atoms with Crippen molar-refractivity contribution in [3.8, 4) is 0 Å². The van der Waals surface area contributed by atoms with Crippen molar-refractivity contribution in [2.75, 3.05) is 44.3 Å². The van der Waals surface area contributed by atoms with Crippen LogP contribution in [0.1, 0.15) is 52.9 Å². The second kappa shape index (κ2) is 20.6. The van der Waals surface area contributed by atoms with E-state index in [2.05, 4.69) is 61.6 Å². The van der Waals surface area contributed by atoms with Gasteiger partial charge in [0.2, 0.25) is 0 Å². The number of aliphatic hydroxyl groups excluding tert-OH is 5. The third-order valence-electron chi connectivity index (χ3n) is 8.03. The molecule has 3 rings (SSSR count). The van der Waals surface area contributed by atoms with Gasteiger partial charge in [-0.15, -0.1) is 0 Å². The standard InChI is InChI=1S/C34H49ClN8O6/c35-30-32(37)41-31(36)27(40-30)33(49)42-34(38)39-17-5-4-10-23-13-15-24(16-14-23)12-7-19-43(18-6-11-22-8-2-1-3-9-22)20-25(45)28(47)29(48)26(46)21-44/h1-3,8-9,13-16,25-26,28-29,44-48H,4-7,10-12,17-21H2,(H4,36,37,41)(H3,38,39,42,49)/t25-,26+,28+,29+/m0/s1. The summed E-state index contributed by atoms with van der Waals surface area (Å²) >= 11 is 5.82. The van der Waals surface area contributed by atoms with Crippen LogP contribution in [0.4, 0.5) is 11.6 Å². The number of aliphatic imine (C=N–C) groups is 1. The van der Waals surface area contributed by atoms with Gasteiger partial charge in [-0.2, -0.15) is 0 Å². The molecule has 0 aliphatic rings. The average molecular weight is 701 g/mol. The lowest BCUT2D eigenvalue weighted by atomic mass is 10.0. The van der Waals surface area contributed by atoms with Gasteiger partial charge in [0.1, 0.15) is 18.3 Å². The zero-order chi connectivity index (χ0) is 35.8. The van der Waals surface area contributed by atoms with Crippen LogP contribution in [0.25, 0.3) is 0 Å². The Bertz CT molecular complexity index is 1470. The minimum absolute atomic E-state index is 0.0676. The third kappa shape index (κ3) is 13.5. The number of aromatic nitrogens is 2. The maximum absolute atomic E-state index is 12.4. The molecule has 1 aromatic heterocycles. The summed E-state index contributed by atoms with van der Waals surface area (Å²) < 4.78 is 0. The second-order valence-electron chi connectivity index (χ2n) is 11.9. The number of nitrogen functional groups attached to an aromatic ring is 2. The van der Waals surface area contributed by atoms with Gasteiger partial charge in [-0.3, -0.25) is 15.1 Å². The Balaban J connectivity index is 1.42. The SMILES string of the molecule is NC(=NCCCCc1ccc(CCCN(CCCc2ccccc2)C[C@H](O)[C@@H](O)[C@H](O)[C@H](O)CO)cc1)NC(=O)c1nc(Cl)c(N)nc1N. The van der Waals surface area contributed by atoms with E-state index in [-0.39, 0.29) is 35.0 Å². The number of hydrogen-bond donors (Lipinski definition) is 9. The summed E-state index contributed by atoms with van der Waals surface area (Å²) in [5.41, 5.74) is 20.4. The number of nitrogens with one attached hydrogen (secondary N) is 1. The Hall–Kier alpha value is -3.89. The van der Waals surface area contributed by atoms with E-state index in [9.17, 15) is 25.2 Å². The van der Waals surface area contributed by atoms with Gasteiger partial charge < -0.3 is 47.6 Å². The van der Waals surface area contributed by atoms with E-state index in [1.807, 2.05) is 18.2 Å². The second-order valence-corrected chi connectivity index (χ2v) is 12.3. The van der Waals surface area contributed by atoms with Crippen LogP contribution in [0.15, 0.2) is 59.6 Å². The monoisotopic (exact) mass is 700 g/mol. The highest BCUT2D eigenvalue weighted by molar-refractivity contribution is 6.31. The van der Waals surface area contributed by atoms with Gasteiger partial charge in [-0.25, -0.2) is 9.97 Å². The van der Waals surface area contributed by atoms with Crippen molar-refractivity contribution >= 4 is 35.1 Å². The summed E-state index contributed by atoms with van der Waals surface area (Å²) in [6, 6.07) is 18.5. The first-order valence-corrected chi connectivity index (χ1v) is 16.7. The van der Waals surface area contributed by atoms with E-state index >= 15 is 0 Å². The molecule has 0 aliphatic heterocycles. The molecule has 0 saturated carbocycles. The first-order valence-electron chi connectivity index (χ1n) is 16.4. The Morgan fingerprint density at radius 3 is 1.94 bits per heavy atom. The summed E-state index contributed by atoms with van der Waals surface area (Å²) in [6.45, 7) is 1.16. The summed E-state index contributed by atoms with van der Waals surface area (Å²) in [6.07, 6.45) is -0.255. The molecule has 14 nitrogen and oxygen atoms in total. The Morgan fingerprint density at radius 1 is 0.796 bits per heavy atom. The number of halogens is 1. The number of hydrogen-bond acceptors (Lipinski definition) is 12. The van der Waals surface area contributed by atoms with Crippen molar-refractivity contribution in [1.29, 1.82) is 0 Å². The van der Waals surface area contributed by atoms with Gasteiger partial charge in [-0.05, 0) is 74.7 Å². The van der Waals surface area contributed by atoms with Gasteiger partial charge in [-0.1, -0.05) is 66.2 Å². The Labute approximate surface area is 291 Å². The van der Waals surface area contributed by atoms with Crippen LogP contribution < -0.4 is 22.5 Å². The summed E-state index contributed by atoms with van der Waals surface area (Å²) in [5.74, 6) is -0.996. The van der Waals surface area contributed by atoms with E-state index in [1.165, 1.54) is 16.7 Å². The summed E-state index contributed by atoms with van der Waals surface area (Å²) in [4.78, 5) is 26.2. The van der Waals surface area contributed by atoms with E-state index in [4.69, 9.17) is 33.9 Å². The van der Waals surface area contributed by atoms with Crippen LogP contribution in [-0.4, -0.2) is 109 Å².